The molecule has 1 unspecified atom stereocenters. The lowest BCUT2D eigenvalue weighted by atomic mass is 9.94. The van der Waals surface area contributed by atoms with Crippen molar-refractivity contribution in [3.8, 4) is 0 Å². The molecule has 1 aliphatic rings. The molecule has 1 saturated heterocycles. The van der Waals surface area contributed by atoms with Crippen LogP contribution < -0.4 is 10.6 Å². The van der Waals surface area contributed by atoms with Crippen molar-refractivity contribution in [3.63, 3.8) is 0 Å². The molecule has 1 amide bonds. The van der Waals surface area contributed by atoms with E-state index in [1.807, 2.05) is 6.92 Å². The van der Waals surface area contributed by atoms with Gasteiger partial charge in [-0.15, -0.1) is 0 Å². The van der Waals surface area contributed by atoms with E-state index >= 15 is 0 Å². The Kier molecular flexibility index (Phi) is 5.69. The van der Waals surface area contributed by atoms with Gasteiger partial charge in [0.25, 0.3) is 0 Å². The van der Waals surface area contributed by atoms with Gasteiger partial charge < -0.3 is 10.6 Å². The van der Waals surface area contributed by atoms with E-state index < -0.39 is 0 Å². The first kappa shape index (κ1) is 12.5. The summed E-state index contributed by atoms with van der Waals surface area (Å²) in [5.41, 5.74) is 0. The molecule has 0 saturated carbocycles. The largest absolute Gasteiger partial charge is 0.356 e. The predicted octanol–water partition coefficient (Wildman–Crippen LogP) is 1.54. The van der Waals surface area contributed by atoms with Gasteiger partial charge in [0, 0.05) is 12.5 Å². The van der Waals surface area contributed by atoms with Crippen molar-refractivity contribution < 1.29 is 4.79 Å². The summed E-state index contributed by atoms with van der Waals surface area (Å²) in [5.74, 6) is 1.19. The molecule has 0 aromatic heterocycles. The van der Waals surface area contributed by atoms with Crippen LogP contribution in [0.4, 0.5) is 0 Å². The molecule has 15 heavy (non-hydrogen) atoms. The van der Waals surface area contributed by atoms with E-state index in [0.717, 1.165) is 38.4 Å². The molecular formula is C12H24N2O. The average Bonchev–Trinajstić information content (AvgIpc) is 2.29. The third kappa shape index (κ3) is 4.65. The van der Waals surface area contributed by atoms with Crippen LogP contribution >= 0.6 is 0 Å². The maximum Gasteiger partial charge on any atom is 0.222 e. The Morgan fingerprint density at radius 2 is 2.13 bits per heavy atom. The SMILES string of the molecule is CCC(C)C(=O)NCCC1CCNCC1. The van der Waals surface area contributed by atoms with Gasteiger partial charge in [-0.2, -0.15) is 0 Å². The smallest absolute Gasteiger partial charge is 0.222 e. The number of rotatable bonds is 5. The van der Waals surface area contributed by atoms with Crippen LogP contribution in [0.2, 0.25) is 0 Å². The van der Waals surface area contributed by atoms with Gasteiger partial charge in [0.15, 0.2) is 0 Å². The predicted molar refractivity (Wildman–Crippen MR) is 62.7 cm³/mol. The van der Waals surface area contributed by atoms with Crippen LogP contribution in [0.1, 0.15) is 39.5 Å². The second kappa shape index (κ2) is 6.83. The summed E-state index contributed by atoms with van der Waals surface area (Å²) in [6, 6.07) is 0. The Morgan fingerprint density at radius 3 is 2.73 bits per heavy atom. The normalized spacial score (nSPS) is 19.9. The van der Waals surface area contributed by atoms with Gasteiger partial charge in [0.2, 0.25) is 5.91 Å². The van der Waals surface area contributed by atoms with Crippen molar-refractivity contribution in [2.75, 3.05) is 19.6 Å². The highest BCUT2D eigenvalue weighted by Crippen LogP contribution is 2.14. The Bertz CT molecular complexity index is 188. The summed E-state index contributed by atoms with van der Waals surface area (Å²) in [6.45, 7) is 7.18. The topological polar surface area (TPSA) is 41.1 Å². The number of amides is 1. The highest BCUT2D eigenvalue weighted by molar-refractivity contribution is 5.78. The summed E-state index contributed by atoms with van der Waals surface area (Å²) in [6.07, 6.45) is 4.60. The molecule has 88 valence electrons. The minimum atomic E-state index is 0.165. The van der Waals surface area contributed by atoms with Gasteiger partial charge in [0.05, 0.1) is 0 Å². The highest BCUT2D eigenvalue weighted by Gasteiger charge is 2.14. The van der Waals surface area contributed by atoms with Gasteiger partial charge in [-0.3, -0.25) is 4.79 Å². The molecular weight excluding hydrogens is 188 g/mol. The average molecular weight is 212 g/mol. The van der Waals surface area contributed by atoms with Crippen molar-refractivity contribution in [3.05, 3.63) is 0 Å². The van der Waals surface area contributed by atoms with Gasteiger partial charge >= 0.3 is 0 Å². The molecule has 1 fully saturated rings. The molecule has 0 aliphatic carbocycles. The second-order valence-electron chi connectivity index (χ2n) is 4.58. The van der Waals surface area contributed by atoms with Crippen LogP contribution in [0.5, 0.6) is 0 Å². The van der Waals surface area contributed by atoms with Gasteiger partial charge in [-0.1, -0.05) is 13.8 Å². The third-order valence-corrected chi connectivity index (χ3v) is 3.37. The number of carbonyl (C=O) groups is 1. The zero-order valence-electron chi connectivity index (χ0n) is 10.0. The van der Waals surface area contributed by atoms with Crippen LogP contribution in [-0.2, 0) is 4.79 Å². The van der Waals surface area contributed by atoms with Gasteiger partial charge in [-0.25, -0.2) is 0 Å². The third-order valence-electron chi connectivity index (χ3n) is 3.37. The van der Waals surface area contributed by atoms with Crippen molar-refractivity contribution in [2.45, 2.75) is 39.5 Å². The summed E-state index contributed by atoms with van der Waals surface area (Å²) in [7, 11) is 0. The van der Waals surface area contributed by atoms with Crippen LogP contribution in [0.3, 0.4) is 0 Å². The number of carbonyl (C=O) groups excluding carboxylic acids is 1. The van der Waals surface area contributed by atoms with E-state index in [1.54, 1.807) is 0 Å². The fraction of sp³-hybridized carbons (Fsp3) is 0.917. The van der Waals surface area contributed by atoms with E-state index in [2.05, 4.69) is 17.6 Å². The summed E-state index contributed by atoms with van der Waals surface area (Å²) >= 11 is 0. The number of hydrogen-bond donors (Lipinski definition) is 2. The zero-order valence-corrected chi connectivity index (χ0v) is 10.0. The van der Waals surface area contributed by atoms with E-state index in [9.17, 15) is 4.79 Å². The van der Waals surface area contributed by atoms with E-state index in [-0.39, 0.29) is 11.8 Å². The maximum atomic E-state index is 11.5. The summed E-state index contributed by atoms with van der Waals surface area (Å²) in [5, 5.41) is 6.38. The fourth-order valence-corrected chi connectivity index (χ4v) is 1.93. The first-order valence-electron chi connectivity index (χ1n) is 6.22. The Hall–Kier alpha value is -0.570. The van der Waals surface area contributed by atoms with E-state index in [0.29, 0.717) is 0 Å². The van der Waals surface area contributed by atoms with Crippen LogP contribution in [0.25, 0.3) is 0 Å². The monoisotopic (exact) mass is 212 g/mol. The van der Waals surface area contributed by atoms with Crippen LogP contribution in [0.15, 0.2) is 0 Å². The molecule has 0 bridgehead atoms. The molecule has 1 rings (SSSR count). The number of piperidine rings is 1. The standard InChI is InChI=1S/C12H24N2O/c1-3-10(2)12(15)14-9-6-11-4-7-13-8-5-11/h10-11,13H,3-9H2,1-2H3,(H,14,15). The Morgan fingerprint density at radius 1 is 1.47 bits per heavy atom. The Labute approximate surface area is 93.0 Å². The molecule has 0 spiro atoms. The first-order valence-corrected chi connectivity index (χ1v) is 6.22. The van der Waals surface area contributed by atoms with E-state index in [4.69, 9.17) is 0 Å². The Balaban J connectivity index is 2.07. The maximum absolute atomic E-state index is 11.5. The number of nitrogens with one attached hydrogen (secondary N) is 2. The number of hydrogen-bond acceptors (Lipinski definition) is 2. The van der Waals surface area contributed by atoms with Crippen molar-refractivity contribution in [2.24, 2.45) is 11.8 Å². The lowest BCUT2D eigenvalue weighted by Crippen LogP contribution is -2.33. The molecule has 0 aromatic carbocycles. The van der Waals surface area contributed by atoms with Gasteiger partial charge in [0.1, 0.15) is 0 Å². The zero-order chi connectivity index (χ0) is 11.1. The molecule has 2 N–H and O–H groups in total. The van der Waals surface area contributed by atoms with E-state index in [1.165, 1.54) is 12.8 Å². The highest BCUT2D eigenvalue weighted by atomic mass is 16.1. The van der Waals surface area contributed by atoms with Crippen molar-refractivity contribution in [1.29, 1.82) is 0 Å². The van der Waals surface area contributed by atoms with Gasteiger partial charge in [-0.05, 0) is 44.7 Å². The summed E-state index contributed by atoms with van der Waals surface area (Å²) in [4.78, 5) is 11.5. The molecule has 1 heterocycles. The minimum absolute atomic E-state index is 0.165. The van der Waals surface area contributed by atoms with Crippen molar-refractivity contribution in [1.82, 2.24) is 10.6 Å². The first-order chi connectivity index (χ1) is 7.24. The van der Waals surface area contributed by atoms with Crippen LogP contribution in [0, 0.1) is 11.8 Å². The van der Waals surface area contributed by atoms with Crippen LogP contribution in [-0.4, -0.2) is 25.5 Å². The summed E-state index contributed by atoms with van der Waals surface area (Å²) < 4.78 is 0. The molecule has 1 aliphatic heterocycles. The molecule has 3 nitrogen and oxygen atoms in total. The fourth-order valence-electron chi connectivity index (χ4n) is 1.93. The second-order valence-corrected chi connectivity index (χ2v) is 4.58. The molecule has 0 aromatic rings. The molecule has 3 heteroatoms. The quantitative estimate of drug-likeness (QED) is 0.726. The van der Waals surface area contributed by atoms with Crippen molar-refractivity contribution >= 4 is 5.91 Å². The lowest BCUT2D eigenvalue weighted by Gasteiger charge is -2.22. The lowest BCUT2D eigenvalue weighted by molar-refractivity contribution is -0.124. The minimum Gasteiger partial charge on any atom is -0.356 e. The molecule has 0 radical (unpaired) electrons. The molecule has 1 atom stereocenters.